The fourth-order valence-electron chi connectivity index (χ4n) is 2.56. The van der Waals surface area contributed by atoms with Gasteiger partial charge in [0.1, 0.15) is 5.57 Å². The third-order valence-corrected chi connectivity index (χ3v) is 3.58. The minimum Gasteiger partial charge on any atom is -0.477 e. The van der Waals surface area contributed by atoms with E-state index in [0.717, 1.165) is 44.9 Å². The number of rotatable bonds is 11. The predicted octanol–water partition coefficient (Wildman–Crippen LogP) is 4.25. The van der Waals surface area contributed by atoms with Crippen molar-refractivity contribution in [2.75, 3.05) is 0 Å². The van der Waals surface area contributed by atoms with E-state index in [1.807, 2.05) is 6.92 Å². The standard InChI is InChI=1S/C16H28O4/c1-4-7-10-12(9-6-3)13(11-8-5-2)14(15(17)18)16(19)20/h12H,4-11H2,1-3H3,(H,17,18)(H,19,20). The molecule has 0 fully saturated rings. The van der Waals surface area contributed by atoms with E-state index in [-0.39, 0.29) is 5.92 Å². The number of hydrogen-bond acceptors (Lipinski definition) is 2. The van der Waals surface area contributed by atoms with Gasteiger partial charge in [0.2, 0.25) is 0 Å². The summed E-state index contributed by atoms with van der Waals surface area (Å²) in [6.07, 6.45) is 7.09. The second-order valence-electron chi connectivity index (χ2n) is 5.24. The number of carboxylic acids is 2. The van der Waals surface area contributed by atoms with Crippen LogP contribution in [-0.2, 0) is 9.59 Å². The van der Waals surface area contributed by atoms with Gasteiger partial charge in [0.05, 0.1) is 0 Å². The maximum absolute atomic E-state index is 11.3. The zero-order chi connectivity index (χ0) is 15.5. The van der Waals surface area contributed by atoms with Gasteiger partial charge in [-0.15, -0.1) is 0 Å². The number of carbonyl (C=O) groups is 2. The monoisotopic (exact) mass is 284 g/mol. The molecule has 1 unspecified atom stereocenters. The van der Waals surface area contributed by atoms with Gasteiger partial charge in [0.15, 0.2) is 0 Å². The van der Waals surface area contributed by atoms with E-state index < -0.39 is 17.5 Å². The zero-order valence-corrected chi connectivity index (χ0v) is 12.9. The molecule has 116 valence electrons. The quantitative estimate of drug-likeness (QED) is 0.338. The highest BCUT2D eigenvalue weighted by atomic mass is 16.4. The zero-order valence-electron chi connectivity index (χ0n) is 12.9. The molecule has 0 saturated heterocycles. The molecule has 0 aromatic carbocycles. The molecule has 0 radical (unpaired) electrons. The summed E-state index contributed by atoms with van der Waals surface area (Å²) in [5.74, 6) is -2.52. The van der Waals surface area contributed by atoms with Crippen molar-refractivity contribution in [1.29, 1.82) is 0 Å². The van der Waals surface area contributed by atoms with Crippen LogP contribution >= 0.6 is 0 Å². The summed E-state index contributed by atoms with van der Waals surface area (Å²) in [6, 6.07) is 0. The molecule has 0 spiro atoms. The molecular formula is C16H28O4. The number of unbranched alkanes of at least 4 members (excludes halogenated alkanes) is 2. The van der Waals surface area contributed by atoms with Crippen LogP contribution in [0.4, 0.5) is 0 Å². The van der Waals surface area contributed by atoms with Crippen molar-refractivity contribution in [1.82, 2.24) is 0 Å². The van der Waals surface area contributed by atoms with Crippen molar-refractivity contribution in [2.45, 2.75) is 72.1 Å². The molecule has 0 aromatic rings. The third kappa shape index (κ3) is 6.22. The van der Waals surface area contributed by atoms with Crippen LogP contribution in [0.5, 0.6) is 0 Å². The fourth-order valence-corrected chi connectivity index (χ4v) is 2.56. The molecule has 0 rings (SSSR count). The first-order chi connectivity index (χ1) is 9.49. The van der Waals surface area contributed by atoms with E-state index in [4.69, 9.17) is 0 Å². The first-order valence-electron chi connectivity index (χ1n) is 7.69. The van der Waals surface area contributed by atoms with Gasteiger partial charge in [-0.2, -0.15) is 0 Å². The molecule has 20 heavy (non-hydrogen) atoms. The first-order valence-corrected chi connectivity index (χ1v) is 7.69. The van der Waals surface area contributed by atoms with E-state index in [1.165, 1.54) is 0 Å². The van der Waals surface area contributed by atoms with Crippen molar-refractivity contribution in [3.63, 3.8) is 0 Å². The molecule has 4 heteroatoms. The molecule has 0 aliphatic heterocycles. The second-order valence-corrected chi connectivity index (χ2v) is 5.24. The Labute approximate surface area is 121 Å². The van der Waals surface area contributed by atoms with Crippen molar-refractivity contribution < 1.29 is 19.8 Å². The number of carboxylic acid groups (broad SMARTS) is 2. The Balaban J connectivity index is 5.48. The molecule has 1 atom stereocenters. The maximum atomic E-state index is 11.3. The van der Waals surface area contributed by atoms with Crippen molar-refractivity contribution in [3.8, 4) is 0 Å². The largest absolute Gasteiger partial charge is 0.477 e. The van der Waals surface area contributed by atoms with Gasteiger partial charge in [-0.1, -0.05) is 46.5 Å². The Morgan fingerprint density at radius 1 is 0.850 bits per heavy atom. The smallest absolute Gasteiger partial charge is 0.343 e. The van der Waals surface area contributed by atoms with Gasteiger partial charge < -0.3 is 10.2 Å². The molecule has 0 aliphatic rings. The summed E-state index contributed by atoms with van der Waals surface area (Å²) in [4.78, 5) is 22.6. The van der Waals surface area contributed by atoms with Gasteiger partial charge in [-0.25, -0.2) is 9.59 Å². The lowest BCUT2D eigenvalue weighted by Gasteiger charge is -2.21. The summed E-state index contributed by atoms with van der Waals surface area (Å²) >= 11 is 0. The lowest BCUT2D eigenvalue weighted by Crippen LogP contribution is -2.19. The van der Waals surface area contributed by atoms with Crippen LogP contribution in [0.3, 0.4) is 0 Å². The Bertz CT molecular complexity index is 328. The van der Waals surface area contributed by atoms with E-state index in [0.29, 0.717) is 12.0 Å². The average Bonchev–Trinajstić information content (AvgIpc) is 2.38. The molecular weight excluding hydrogens is 256 g/mol. The van der Waals surface area contributed by atoms with Crippen LogP contribution in [0.15, 0.2) is 11.1 Å². The number of hydrogen-bond donors (Lipinski definition) is 2. The minimum atomic E-state index is -1.30. The van der Waals surface area contributed by atoms with Crippen LogP contribution in [0.2, 0.25) is 0 Å². The van der Waals surface area contributed by atoms with Gasteiger partial charge in [-0.3, -0.25) is 0 Å². The summed E-state index contributed by atoms with van der Waals surface area (Å²) in [6.45, 7) is 6.17. The summed E-state index contributed by atoms with van der Waals surface area (Å²) in [7, 11) is 0. The van der Waals surface area contributed by atoms with E-state index in [2.05, 4.69) is 13.8 Å². The third-order valence-electron chi connectivity index (χ3n) is 3.58. The SMILES string of the molecule is CCCCC(=C(C(=O)O)C(=O)O)C(CCC)CCCC. The van der Waals surface area contributed by atoms with E-state index in [9.17, 15) is 19.8 Å². The molecule has 0 saturated carbocycles. The van der Waals surface area contributed by atoms with Crippen LogP contribution < -0.4 is 0 Å². The van der Waals surface area contributed by atoms with Gasteiger partial charge >= 0.3 is 11.9 Å². The van der Waals surface area contributed by atoms with E-state index >= 15 is 0 Å². The topological polar surface area (TPSA) is 74.6 Å². The molecule has 0 aromatic heterocycles. The minimum absolute atomic E-state index is 0.0914. The second kappa shape index (κ2) is 10.5. The molecule has 0 amide bonds. The maximum Gasteiger partial charge on any atom is 0.343 e. The number of aliphatic carboxylic acids is 2. The van der Waals surface area contributed by atoms with Gasteiger partial charge in [-0.05, 0) is 37.2 Å². The summed E-state index contributed by atoms with van der Waals surface area (Å²) in [5.41, 5.74) is 0.246. The summed E-state index contributed by atoms with van der Waals surface area (Å²) < 4.78 is 0. The van der Waals surface area contributed by atoms with Crippen molar-refractivity contribution in [3.05, 3.63) is 11.1 Å². The van der Waals surface area contributed by atoms with Crippen LogP contribution in [0.1, 0.15) is 72.1 Å². The van der Waals surface area contributed by atoms with Crippen molar-refractivity contribution in [2.24, 2.45) is 5.92 Å². The molecule has 0 heterocycles. The highest BCUT2D eigenvalue weighted by Gasteiger charge is 2.26. The Hall–Kier alpha value is -1.32. The van der Waals surface area contributed by atoms with Gasteiger partial charge in [0.25, 0.3) is 0 Å². The highest BCUT2D eigenvalue weighted by Crippen LogP contribution is 2.30. The van der Waals surface area contributed by atoms with E-state index in [1.54, 1.807) is 0 Å². The lowest BCUT2D eigenvalue weighted by atomic mass is 9.83. The molecule has 4 nitrogen and oxygen atoms in total. The average molecular weight is 284 g/mol. The normalized spacial score (nSPS) is 11.9. The number of allylic oxidation sites excluding steroid dienone is 1. The van der Waals surface area contributed by atoms with Gasteiger partial charge in [0, 0.05) is 0 Å². The summed E-state index contributed by atoms with van der Waals surface area (Å²) in [5, 5.41) is 18.4. The molecule has 2 N–H and O–H groups in total. The van der Waals surface area contributed by atoms with Crippen LogP contribution in [0, 0.1) is 5.92 Å². The fraction of sp³-hybridized carbons (Fsp3) is 0.750. The lowest BCUT2D eigenvalue weighted by molar-refractivity contribution is -0.140. The molecule has 0 bridgehead atoms. The Morgan fingerprint density at radius 3 is 1.80 bits per heavy atom. The predicted molar refractivity (Wildman–Crippen MR) is 79.7 cm³/mol. The highest BCUT2D eigenvalue weighted by molar-refractivity contribution is 6.13. The first kappa shape index (κ1) is 18.7. The van der Waals surface area contributed by atoms with Crippen molar-refractivity contribution >= 4 is 11.9 Å². The van der Waals surface area contributed by atoms with Crippen LogP contribution in [0.25, 0.3) is 0 Å². The Morgan fingerprint density at radius 2 is 1.40 bits per heavy atom. The molecule has 0 aliphatic carbocycles. The Kier molecular flexibility index (Phi) is 9.77. The van der Waals surface area contributed by atoms with Crippen LogP contribution in [-0.4, -0.2) is 22.2 Å².